The molecule has 6 heteroatoms. The van der Waals surface area contributed by atoms with E-state index in [1.54, 1.807) is 12.1 Å². The van der Waals surface area contributed by atoms with Crippen molar-refractivity contribution in [1.82, 2.24) is 4.31 Å². The Labute approximate surface area is 196 Å². The van der Waals surface area contributed by atoms with E-state index in [9.17, 15) is 12.8 Å². The van der Waals surface area contributed by atoms with Crippen molar-refractivity contribution in [1.29, 1.82) is 0 Å². The number of allylic oxidation sites excluding steroid dienone is 3. The molecule has 3 rings (SSSR count). The summed E-state index contributed by atoms with van der Waals surface area (Å²) in [7, 11) is -3.40. The van der Waals surface area contributed by atoms with Gasteiger partial charge in [0.05, 0.1) is 6.26 Å². The average molecular weight is 467 g/mol. The second-order valence-corrected chi connectivity index (χ2v) is 9.72. The van der Waals surface area contributed by atoms with E-state index in [1.807, 2.05) is 34.6 Å². The highest BCUT2D eigenvalue weighted by Gasteiger charge is 2.42. The highest BCUT2D eigenvalue weighted by Crippen LogP contribution is 2.47. The largest absolute Gasteiger partial charge is 0.257 e. The molecule has 1 aromatic carbocycles. The first-order chi connectivity index (χ1) is 14.6. The lowest BCUT2D eigenvalue weighted by molar-refractivity contribution is 0.391. The lowest BCUT2D eigenvalue weighted by Crippen LogP contribution is -2.48. The first kappa shape index (κ1) is 30.0. The standard InChI is InChI=1S/C21H27FN2O2S.2C2H6.CH4/c1-13(2)18-19(15-8-10-16(22)11-9-15)17-7-6-12-24(27(5,25)26)21(17)23-20(18)14(3)4;2*1-2;/h8-11,14,17,19H,1,6-7,12H2,2-5H3;2*1-2H3;1H4. The number of piperidine rings is 1. The van der Waals surface area contributed by atoms with Crippen molar-refractivity contribution in [3.8, 4) is 0 Å². The zero-order chi connectivity index (χ0) is 23.9. The fourth-order valence-corrected chi connectivity index (χ4v) is 5.19. The summed E-state index contributed by atoms with van der Waals surface area (Å²) >= 11 is 0. The van der Waals surface area contributed by atoms with Gasteiger partial charge in [0.25, 0.3) is 0 Å². The molecule has 2 heterocycles. The van der Waals surface area contributed by atoms with Crippen LogP contribution in [0.15, 0.2) is 52.7 Å². The van der Waals surface area contributed by atoms with Gasteiger partial charge >= 0.3 is 0 Å². The van der Waals surface area contributed by atoms with Crippen molar-refractivity contribution >= 4 is 15.9 Å². The number of fused-ring (bicyclic) bond motifs is 1. The Morgan fingerprint density at radius 2 is 1.69 bits per heavy atom. The molecule has 2 unspecified atom stereocenters. The number of sulfonamides is 1. The summed E-state index contributed by atoms with van der Waals surface area (Å²) in [6.45, 7) is 18.7. The summed E-state index contributed by atoms with van der Waals surface area (Å²) < 4.78 is 39.7. The Kier molecular flexibility index (Phi) is 12.1. The monoisotopic (exact) mass is 466 g/mol. The topological polar surface area (TPSA) is 49.7 Å². The number of halogens is 1. The summed E-state index contributed by atoms with van der Waals surface area (Å²) in [4.78, 5) is 4.86. The summed E-state index contributed by atoms with van der Waals surface area (Å²) in [5, 5.41) is 0. The molecule has 0 bridgehead atoms. The molecule has 0 amide bonds. The lowest BCUT2D eigenvalue weighted by Gasteiger charge is -2.43. The first-order valence-corrected chi connectivity index (χ1v) is 13.2. The van der Waals surface area contributed by atoms with Crippen LogP contribution in [0.25, 0.3) is 0 Å². The van der Waals surface area contributed by atoms with E-state index in [-0.39, 0.29) is 31.0 Å². The van der Waals surface area contributed by atoms with Crippen LogP contribution in [0.2, 0.25) is 0 Å². The van der Waals surface area contributed by atoms with Crippen LogP contribution < -0.4 is 0 Å². The fourth-order valence-electron chi connectivity index (χ4n) is 4.21. The molecule has 2 aliphatic rings. The minimum atomic E-state index is -3.40. The van der Waals surface area contributed by atoms with Crippen LogP contribution in [0, 0.1) is 17.7 Å². The van der Waals surface area contributed by atoms with E-state index >= 15 is 0 Å². The summed E-state index contributed by atoms with van der Waals surface area (Å²) in [5.74, 6) is 0.323. The van der Waals surface area contributed by atoms with E-state index in [4.69, 9.17) is 4.99 Å². The molecule has 0 spiro atoms. The molecule has 4 nitrogen and oxygen atoms in total. The Morgan fingerprint density at radius 1 is 1.16 bits per heavy atom. The van der Waals surface area contributed by atoms with Gasteiger partial charge in [-0.3, -0.25) is 4.31 Å². The summed E-state index contributed by atoms with van der Waals surface area (Å²) in [6.07, 6.45) is 2.85. The molecule has 0 N–H and O–H groups in total. The highest BCUT2D eigenvalue weighted by atomic mass is 32.2. The lowest BCUT2D eigenvalue weighted by atomic mass is 9.71. The predicted molar refractivity (Wildman–Crippen MR) is 137 cm³/mol. The second-order valence-electron chi connectivity index (χ2n) is 7.82. The van der Waals surface area contributed by atoms with Crippen LogP contribution >= 0.6 is 0 Å². The molecule has 2 aliphatic heterocycles. The molecule has 182 valence electrons. The van der Waals surface area contributed by atoms with Crippen molar-refractivity contribution in [3.05, 3.63) is 59.1 Å². The number of benzene rings is 1. The smallest absolute Gasteiger partial charge is 0.233 e. The van der Waals surface area contributed by atoms with Gasteiger partial charge < -0.3 is 0 Å². The second kappa shape index (κ2) is 12.9. The third-order valence-electron chi connectivity index (χ3n) is 5.32. The van der Waals surface area contributed by atoms with E-state index in [0.29, 0.717) is 12.4 Å². The number of hydrogen-bond acceptors (Lipinski definition) is 3. The molecule has 1 saturated heterocycles. The summed E-state index contributed by atoms with van der Waals surface area (Å²) in [5.41, 5.74) is 3.83. The molecule has 0 aromatic heterocycles. The van der Waals surface area contributed by atoms with Crippen LogP contribution in [0.4, 0.5) is 4.39 Å². The number of aliphatic imine (C=N–C) groups is 1. The molecule has 0 aliphatic carbocycles. The quantitative estimate of drug-likeness (QED) is 0.472. The van der Waals surface area contributed by atoms with Gasteiger partial charge in [0.2, 0.25) is 10.0 Å². The maximum Gasteiger partial charge on any atom is 0.233 e. The van der Waals surface area contributed by atoms with Crippen LogP contribution in [0.3, 0.4) is 0 Å². The maximum atomic E-state index is 13.5. The Balaban J connectivity index is 0.00000182. The third kappa shape index (κ3) is 6.53. The van der Waals surface area contributed by atoms with E-state index < -0.39 is 10.0 Å². The SMILES string of the molecule is C.C=C(C)C1=C(C(C)C)N=C2C(CCCN2S(C)(=O)=O)C1c1ccc(F)cc1.CC.CC. The van der Waals surface area contributed by atoms with Crippen molar-refractivity contribution in [3.63, 3.8) is 0 Å². The van der Waals surface area contributed by atoms with Crippen LogP contribution in [-0.4, -0.2) is 31.4 Å². The van der Waals surface area contributed by atoms with Crippen LogP contribution in [-0.2, 0) is 10.0 Å². The predicted octanol–water partition coefficient (Wildman–Crippen LogP) is 7.17. The van der Waals surface area contributed by atoms with Gasteiger partial charge in [-0.1, -0.05) is 73.3 Å². The van der Waals surface area contributed by atoms with Crippen molar-refractivity contribution in [2.45, 2.75) is 74.7 Å². The maximum absolute atomic E-state index is 13.5. The van der Waals surface area contributed by atoms with Gasteiger partial charge in [0, 0.05) is 24.1 Å². The zero-order valence-corrected chi connectivity index (χ0v) is 21.2. The Bertz CT molecular complexity index is 916. The van der Waals surface area contributed by atoms with Gasteiger partial charge in [0.15, 0.2) is 0 Å². The third-order valence-corrected chi connectivity index (χ3v) is 6.49. The van der Waals surface area contributed by atoms with Gasteiger partial charge in [-0.2, -0.15) is 0 Å². The van der Waals surface area contributed by atoms with Crippen LogP contribution in [0.5, 0.6) is 0 Å². The molecular formula is C26H43FN2O2S. The minimum Gasteiger partial charge on any atom is -0.257 e. The Morgan fingerprint density at radius 3 is 2.12 bits per heavy atom. The van der Waals surface area contributed by atoms with E-state index in [1.165, 1.54) is 22.7 Å². The minimum absolute atomic E-state index is 0. The zero-order valence-electron chi connectivity index (χ0n) is 20.4. The highest BCUT2D eigenvalue weighted by molar-refractivity contribution is 7.88. The number of nitrogens with zero attached hydrogens (tertiary/aromatic N) is 2. The van der Waals surface area contributed by atoms with Gasteiger partial charge in [-0.05, 0) is 49.0 Å². The molecule has 32 heavy (non-hydrogen) atoms. The summed E-state index contributed by atoms with van der Waals surface area (Å²) in [6, 6.07) is 6.51. The molecule has 0 radical (unpaired) electrons. The normalized spacial score (nSPS) is 20.1. The molecule has 0 saturated carbocycles. The average Bonchev–Trinajstić information content (AvgIpc) is 2.74. The Hall–Kier alpha value is -1.95. The molecule has 1 fully saturated rings. The van der Waals surface area contributed by atoms with E-state index in [2.05, 4.69) is 20.4 Å². The van der Waals surface area contributed by atoms with Gasteiger partial charge in [0.1, 0.15) is 11.7 Å². The molecule has 1 aromatic rings. The number of amidine groups is 1. The van der Waals surface area contributed by atoms with E-state index in [0.717, 1.165) is 35.2 Å². The van der Waals surface area contributed by atoms with Gasteiger partial charge in [-0.25, -0.2) is 17.8 Å². The first-order valence-electron chi connectivity index (χ1n) is 11.3. The fraction of sp³-hybridized carbons (Fsp3) is 0.577. The van der Waals surface area contributed by atoms with Crippen molar-refractivity contribution in [2.75, 3.05) is 12.8 Å². The number of hydrogen-bond donors (Lipinski definition) is 0. The van der Waals surface area contributed by atoms with Crippen LogP contribution in [0.1, 0.15) is 80.2 Å². The van der Waals surface area contributed by atoms with Crippen molar-refractivity contribution < 1.29 is 12.8 Å². The number of rotatable bonds is 4. The van der Waals surface area contributed by atoms with Crippen molar-refractivity contribution in [2.24, 2.45) is 16.8 Å². The van der Waals surface area contributed by atoms with Gasteiger partial charge in [-0.15, -0.1) is 0 Å². The molecular weight excluding hydrogens is 423 g/mol. The molecule has 2 atom stereocenters.